The third-order valence-corrected chi connectivity index (χ3v) is 2.72. The largest absolute Gasteiger partial charge is 0.493 e. The van der Waals surface area contributed by atoms with Crippen molar-refractivity contribution in [2.75, 3.05) is 20.3 Å². The van der Waals surface area contributed by atoms with Gasteiger partial charge in [0.2, 0.25) is 0 Å². The van der Waals surface area contributed by atoms with E-state index in [-0.39, 0.29) is 0 Å². The molecule has 1 aromatic rings. The van der Waals surface area contributed by atoms with Crippen LogP contribution in [0.1, 0.15) is 17.5 Å². The summed E-state index contributed by atoms with van der Waals surface area (Å²) in [7, 11) is 1.70. The predicted octanol–water partition coefficient (Wildman–Crippen LogP) is 3.31. The Morgan fingerprint density at radius 3 is 2.73 bits per heavy atom. The fourth-order valence-corrected chi connectivity index (χ4v) is 1.76. The van der Waals surface area contributed by atoms with E-state index < -0.39 is 0 Å². The highest BCUT2D eigenvalue weighted by atomic mass is 79.9. The third-order valence-electron chi connectivity index (χ3n) is 2.12. The summed E-state index contributed by atoms with van der Waals surface area (Å²) in [6.45, 7) is 3.52. The van der Waals surface area contributed by atoms with Crippen molar-refractivity contribution in [3.8, 4) is 5.75 Å². The van der Waals surface area contributed by atoms with E-state index in [0.29, 0.717) is 6.61 Å². The number of methoxy groups -OCH3 is 1. The average Bonchev–Trinajstić information content (AvgIpc) is 2.25. The lowest BCUT2D eigenvalue weighted by Gasteiger charge is -2.10. The molecule has 0 bridgehead atoms. The molecule has 0 unspecified atom stereocenters. The summed E-state index contributed by atoms with van der Waals surface area (Å²) in [5.41, 5.74) is 2.42. The Morgan fingerprint density at radius 1 is 1.27 bits per heavy atom. The second kappa shape index (κ2) is 6.85. The summed E-state index contributed by atoms with van der Waals surface area (Å²) in [5.74, 6) is 0.975. The molecule has 0 amide bonds. The van der Waals surface area contributed by atoms with Crippen LogP contribution in [-0.2, 0) is 10.1 Å². The molecule has 0 aliphatic rings. The molecule has 2 nitrogen and oxygen atoms in total. The van der Waals surface area contributed by atoms with E-state index in [1.165, 1.54) is 11.1 Å². The van der Waals surface area contributed by atoms with E-state index in [2.05, 4.69) is 41.1 Å². The molecule has 0 aliphatic carbocycles. The molecule has 0 heterocycles. The van der Waals surface area contributed by atoms with Crippen LogP contribution >= 0.6 is 15.9 Å². The minimum absolute atomic E-state index is 0.706. The molecule has 1 aromatic carbocycles. The number of aryl methyl sites for hydroxylation is 1. The Morgan fingerprint density at radius 2 is 2.07 bits per heavy atom. The summed E-state index contributed by atoms with van der Waals surface area (Å²) in [4.78, 5) is 0. The van der Waals surface area contributed by atoms with Crippen molar-refractivity contribution in [1.82, 2.24) is 0 Å². The number of ether oxygens (including phenoxy) is 2. The number of rotatable bonds is 6. The first-order chi connectivity index (χ1) is 7.27. The van der Waals surface area contributed by atoms with Crippen LogP contribution in [0, 0.1) is 6.92 Å². The maximum atomic E-state index is 5.70. The first-order valence-corrected chi connectivity index (χ1v) is 6.17. The highest BCUT2D eigenvalue weighted by Crippen LogP contribution is 2.22. The number of halogens is 1. The fourth-order valence-electron chi connectivity index (χ4n) is 1.29. The number of hydrogen-bond donors (Lipinski definition) is 0. The van der Waals surface area contributed by atoms with Gasteiger partial charge in [-0.05, 0) is 18.6 Å². The molecule has 15 heavy (non-hydrogen) atoms. The van der Waals surface area contributed by atoms with E-state index in [1.807, 2.05) is 0 Å². The third kappa shape index (κ3) is 4.22. The van der Waals surface area contributed by atoms with Gasteiger partial charge >= 0.3 is 0 Å². The van der Waals surface area contributed by atoms with Crippen molar-refractivity contribution in [2.45, 2.75) is 18.7 Å². The Labute approximate surface area is 99.7 Å². The van der Waals surface area contributed by atoms with Crippen LogP contribution in [0.4, 0.5) is 0 Å². The van der Waals surface area contributed by atoms with Crippen molar-refractivity contribution >= 4 is 15.9 Å². The van der Waals surface area contributed by atoms with Gasteiger partial charge in [0.05, 0.1) is 6.61 Å². The zero-order chi connectivity index (χ0) is 11.1. The van der Waals surface area contributed by atoms with Crippen molar-refractivity contribution in [1.29, 1.82) is 0 Å². The normalized spacial score (nSPS) is 10.3. The van der Waals surface area contributed by atoms with Gasteiger partial charge in [0.1, 0.15) is 5.75 Å². The molecule has 0 radical (unpaired) electrons. The van der Waals surface area contributed by atoms with E-state index in [0.717, 1.165) is 24.1 Å². The van der Waals surface area contributed by atoms with E-state index >= 15 is 0 Å². The zero-order valence-corrected chi connectivity index (χ0v) is 10.8. The number of benzene rings is 1. The molecule has 0 saturated heterocycles. The second-order valence-corrected chi connectivity index (χ2v) is 4.00. The lowest BCUT2D eigenvalue weighted by atomic mass is 10.1. The minimum atomic E-state index is 0.706. The quantitative estimate of drug-likeness (QED) is 0.585. The molecule has 84 valence electrons. The van der Waals surface area contributed by atoms with Crippen molar-refractivity contribution in [2.24, 2.45) is 0 Å². The summed E-state index contributed by atoms with van der Waals surface area (Å²) >= 11 is 3.45. The molecule has 0 aromatic heterocycles. The Balaban J connectivity index is 2.54. The topological polar surface area (TPSA) is 18.5 Å². The molecule has 3 heteroatoms. The molecule has 0 spiro atoms. The van der Waals surface area contributed by atoms with Crippen LogP contribution in [-0.4, -0.2) is 20.3 Å². The monoisotopic (exact) mass is 272 g/mol. The van der Waals surface area contributed by atoms with Gasteiger partial charge in [-0.2, -0.15) is 0 Å². The van der Waals surface area contributed by atoms with E-state index in [4.69, 9.17) is 9.47 Å². The van der Waals surface area contributed by atoms with Crippen LogP contribution in [0.15, 0.2) is 18.2 Å². The summed E-state index contributed by atoms with van der Waals surface area (Å²) in [6.07, 6.45) is 0.923. The maximum Gasteiger partial charge on any atom is 0.123 e. The summed E-state index contributed by atoms with van der Waals surface area (Å²) in [5, 5.41) is 0.826. The first kappa shape index (κ1) is 12.5. The van der Waals surface area contributed by atoms with Gasteiger partial charge in [0.25, 0.3) is 0 Å². The summed E-state index contributed by atoms with van der Waals surface area (Å²) in [6, 6.07) is 6.26. The molecular formula is C12H17BrO2. The molecule has 0 saturated carbocycles. The van der Waals surface area contributed by atoms with Crippen LogP contribution < -0.4 is 4.74 Å². The summed E-state index contributed by atoms with van der Waals surface area (Å²) < 4.78 is 10.7. The van der Waals surface area contributed by atoms with Gasteiger partial charge in [-0.15, -0.1) is 0 Å². The number of hydrogen-bond acceptors (Lipinski definition) is 2. The smallest absolute Gasteiger partial charge is 0.123 e. The average molecular weight is 273 g/mol. The van der Waals surface area contributed by atoms with Crippen molar-refractivity contribution in [3.63, 3.8) is 0 Å². The van der Waals surface area contributed by atoms with Crippen LogP contribution in [0.5, 0.6) is 5.75 Å². The van der Waals surface area contributed by atoms with Crippen LogP contribution in [0.2, 0.25) is 0 Å². The Hall–Kier alpha value is -0.540. The van der Waals surface area contributed by atoms with Crippen LogP contribution in [0.25, 0.3) is 0 Å². The highest BCUT2D eigenvalue weighted by molar-refractivity contribution is 9.08. The molecular weight excluding hydrogens is 256 g/mol. The lowest BCUT2D eigenvalue weighted by molar-refractivity contribution is 0.172. The van der Waals surface area contributed by atoms with Gasteiger partial charge < -0.3 is 9.47 Å². The highest BCUT2D eigenvalue weighted by Gasteiger charge is 2.02. The van der Waals surface area contributed by atoms with Gasteiger partial charge in [0.15, 0.2) is 0 Å². The predicted molar refractivity (Wildman–Crippen MR) is 65.8 cm³/mol. The second-order valence-electron chi connectivity index (χ2n) is 3.44. The number of alkyl halides is 1. The van der Waals surface area contributed by atoms with Crippen molar-refractivity contribution < 1.29 is 9.47 Å². The first-order valence-electron chi connectivity index (χ1n) is 5.05. The minimum Gasteiger partial charge on any atom is -0.493 e. The molecule has 0 N–H and O–H groups in total. The molecule has 1 rings (SSSR count). The van der Waals surface area contributed by atoms with Gasteiger partial charge in [-0.1, -0.05) is 28.1 Å². The maximum absolute atomic E-state index is 5.70. The van der Waals surface area contributed by atoms with E-state index in [9.17, 15) is 0 Å². The molecule has 0 atom stereocenters. The fraction of sp³-hybridized carbons (Fsp3) is 0.500. The van der Waals surface area contributed by atoms with Crippen LogP contribution in [0.3, 0.4) is 0 Å². The van der Waals surface area contributed by atoms with Gasteiger partial charge in [0, 0.05) is 31.0 Å². The standard InChI is InChI=1S/C12H17BrO2/c1-10-4-5-11(9-13)12(8-10)15-7-3-6-14-2/h4-5,8H,3,6-7,9H2,1-2H3. The molecule has 0 aliphatic heterocycles. The Bertz CT molecular complexity index is 300. The lowest BCUT2D eigenvalue weighted by Crippen LogP contribution is -2.03. The molecule has 0 fully saturated rings. The van der Waals surface area contributed by atoms with Gasteiger partial charge in [-0.3, -0.25) is 0 Å². The van der Waals surface area contributed by atoms with Gasteiger partial charge in [-0.25, -0.2) is 0 Å². The SMILES string of the molecule is COCCCOc1cc(C)ccc1CBr. The van der Waals surface area contributed by atoms with Crippen molar-refractivity contribution in [3.05, 3.63) is 29.3 Å². The van der Waals surface area contributed by atoms with E-state index in [1.54, 1.807) is 7.11 Å². The Kier molecular flexibility index (Phi) is 5.73. The zero-order valence-electron chi connectivity index (χ0n) is 9.25.